The second-order valence-corrected chi connectivity index (χ2v) is 5.88. The summed E-state index contributed by atoms with van der Waals surface area (Å²) in [7, 11) is 0. The Bertz CT molecular complexity index is 937. The van der Waals surface area contributed by atoms with Gasteiger partial charge in [-0.05, 0) is 17.7 Å². The number of primary amides is 1. The number of aromatic nitrogens is 2. The number of nitrogens with two attached hydrogens (primary N) is 1. The molecule has 0 aliphatic heterocycles. The highest BCUT2D eigenvalue weighted by molar-refractivity contribution is 6.31. The molecule has 0 saturated carbocycles. The number of carbonyl (C=O) groups is 1. The number of aromatic amines is 1. The van der Waals surface area contributed by atoms with Crippen molar-refractivity contribution in [2.24, 2.45) is 5.73 Å². The van der Waals surface area contributed by atoms with Gasteiger partial charge in [-0.3, -0.25) is 9.59 Å². The Labute approximate surface area is 152 Å². The van der Waals surface area contributed by atoms with Crippen molar-refractivity contribution in [3.8, 4) is 0 Å². The molecule has 0 bridgehead atoms. The van der Waals surface area contributed by atoms with Gasteiger partial charge in [0.05, 0.1) is 22.6 Å². The van der Waals surface area contributed by atoms with Crippen LogP contribution in [0.15, 0.2) is 23.0 Å². The second kappa shape index (κ2) is 7.22. The first kappa shape index (κ1) is 20.7. The number of amides is 1. The number of alkyl halides is 6. The van der Waals surface area contributed by atoms with E-state index < -0.39 is 64.3 Å². The van der Waals surface area contributed by atoms with Crippen LogP contribution in [0.1, 0.15) is 28.2 Å². The molecule has 2 aromatic rings. The van der Waals surface area contributed by atoms with Crippen LogP contribution in [0, 0.1) is 0 Å². The highest BCUT2D eigenvalue weighted by Gasteiger charge is 2.38. The van der Waals surface area contributed by atoms with Gasteiger partial charge in [0.25, 0.3) is 5.56 Å². The zero-order chi connectivity index (χ0) is 20.6. The first-order chi connectivity index (χ1) is 12.3. The fourth-order valence-corrected chi connectivity index (χ4v) is 2.52. The molecule has 146 valence electrons. The summed E-state index contributed by atoms with van der Waals surface area (Å²) in [5, 5.41) is -0.633. The first-order valence-electron chi connectivity index (χ1n) is 7.12. The molecule has 12 heteroatoms. The number of hydrogen-bond acceptors (Lipinski definition) is 3. The third-order valence-electron chi connectivity index (χ3n) is 3.39. The Kier molecular flexibility index (Phi) is 5.55. The zero-order valence-corrected chi connectivity index (χ0v) is 13.9. The van der Waals surface area contributed by atoms with Gasteiger partial charge in [-0.2, -0.15) is 26.3 Å². The van der Waals surface area contributed by atoms with Gasteiger partial charge in [0.1, 0.15) is 5.82 Å². The van der Waals surface area contributed by atoms with E-state index in [0.717, 1.165) is 12.1 Å². The normalized spacial score (nSPS) is 12.3. The summed E-state index contributed by atoms with van der Waals surface area (Å²) in [6, 6.07) is 2.49. The molecule has 1 aromatic carbocycles. The Balaban J connectivity index is 2.56. The second-order valence-electron chi connectivity index (χ2n) is 5.47. The van der Waals surface area contributed by atoms with E-state index in [-0.39, 0.29) is 5.56 Å². The summed E-state index contributed by atoms with van der Waals surface area (Å²) >= 11 is 5.46. The van der Waals surface area contributed by atoms with Crippen molar-refractivity contribution in [3.63, 3.8) is 0 Å². The van der Waals surface area contributed by atoms with Crippen molar-refractivity contribution in [2.75, 3.05) is 0 Å². The van der Waals surface area contributed by atoms with Crippen molar-refractivity contribution in [2.45, 2.75) is 25.2 Å². The number of hydrogen-bond donors (Lipinski definition) is 2. The third kappa shape index (κ3) is 5.00. The van der Waals surface area contributed by atoms with E-state index in [1.807, 2.05) is 4.98 Å². The molecule has 0 atom stereocenters. The molecule has 0 saturated heterocycles. The van der Waals surface area contributed by atoms with E-state index in [4.69, 9.17) is 17.3 Å². The van der Waals surface area contributed by atoms with E-state index in [1.54, 1.807) is 0 Å². The molecule has 0 aliphatic rings. The maximum absolute atomic E-state index is 13.2. The van der Waals surface area contributed by atoms with E-state index in [0.29, 0.717) is 6.07 Å². The quantitative estimate of drug-likeness (QED) is 0.755. The predicted molar refractivity (Wildman–Crippen MR) is 82.0 cm³/mol. The largest absolute Gasteiger partial charge is 0.433 e. The molecule has 1 amide bonds. The topological polar surface area (TPSA) is 88.8 Å². The smallest absolute Gasteiger partial charge is 0.369 e. The standard InChI is InChI=1S/C15H10ClF6N3O2/c16-9-2-1-6(4-8(9)14(17,18)19)3-7-12(15(20,21)22)24-11(5-10(23)26)25-13(7)27/h1-2,4H,3,5H2,(H2,23,26)(H,24,25,27). The van der Waals surface area contributed by atoms with E-state index >= 15 is 0 Å². The molecule has 1 heterocycles. The minimum absolute atomic E-state index is 0.229. The van der Waals surface area contributed by atoms with Crippen LogP contribution in [0.25, 0.3) is 0 Å². The third-order valence-corrected chi connectivity index (χ3v) is 3.72. The van der Waals surface area contributed by atoms with Gasteiger partial charge >= 0.3 is 12.4 Å². The lowest BCUT2D eigenvalue weighted by Gasteiger charge is -2.14. The molecule has 27 heavy (non-hydrogen) atoms. The van der Waals surface area contributed by atoms with Crippen molar-refractivity contribution < 1.29 is 31.1 Å². The van der Waals surface area contributed by atoms with Crippen LogP contribution in [0.5, 0.6) is 0 Å². The number of nitrogens with zero attached hydrogens (tertiary/aromatic N) is 1. The lowest BCUT2D eigenvalue weighted by Crippen LogP contribution is -2.27. The lowest BCUT2D eigenvalue weighted by molar-refractivity contribution is -0.142. The zero-order valence-electron chi connectivity index (χ0n) is 13.1. The van der Waals surface area contributed by atoms with Crippen molar-refractivity contribution in [1.29, 1.82) is 0 Å². The Morgan fingerprint density at radius 3 is 2.30 bits per heavy atom. The number of benzene rings is 1. The molecule has 3 N–H and O–H groups in total. The van der Waals surface area contributed by atoms with Gasteiger partial charge in [-0.15, -0.1) is 0 Å². The molecule has 0 unspecified atom stereocenters. The lowest BCUT2D eigenvalue weighted by atomic mass is 10.0. The summed E-state index contributed by atoms with van der Waals surface area (Å²) in [5.74, 6) is -1.62. The minimum atomic E-state index is -5.07. The molecule has 0 fully saturated rings. The molecule has 2 rings (SSSR count). The highest BCUT2D eigenvalue weighted by Crippen LogP contribution is 2.36. The number of H-pyrrole nitrogens is 1. The predicted octanol–water partition coefficient (Wildman–Crippen LogP) is 3.08. The molecule has 1 aromatic heterocycles. The van der Waals surface area contributed by atoms with E-state index in [1.165, 1.54) is 0 Å². The average Bonchev–Trinajstić information content (AvgIpc) is 2.48. The van der Waals surface area contributed by atoms with Gasteiger partial charge in [0.15, 0.2) is 5.69 Å². The van der Waals surface area contributed by atoms with Crippen LogP contribution in [0.3, 0.4) is 0 Å². The van der Waals surface area contributed by atoms with Gasteiger partial charge in [0.2, 0.25) is 5.91 Å². The summed E-state index contributed by atoms with van der Waals surface area (Å²) < 4.78 is 78.4. The molecule has 0 radical (unpaired) electrons. The maximum Gasteiger partial charge on any atom is 0.433 e. The number of carbonyl (C=O) groups excluding carboxylic acids is 1. The highest BCUT2D eigenvalue weighted by atomic mass is 35.5. The molecular weight excluding hydrogens is 404 g/mol. The van der Waals surface area contributed by atoms with E-state index in [9.17, 15) is 35.9 Å². The van der Waals surface area contributed by atoms with Crippen LogP contribution in [0.2, 0.25) is 5.02 Å². The summed E-state index contributed by atoms with van der Waals surface area (Å²) in [4.78, 5) is 28.1. The monoisotopic (exact) mass is 413 g/mol. The van der Waals surface area contributed by atoms with Crippen LogP contribution in [-0.2, 0) is 30.0 Å². The average molecular weight is 414 g/mol. The van der Waals surface area contributed by atoms with Crippen LogP contribution in [0.4, 0.5) is 26.3 Å². The van der Waals surface area contributed by atoms with Crippen molar-refractivity contribution in [1.82, 2.24) is 9.97 Å². The van der Waals surface area contributed by atoms with Crippen LogP contribution < -0.4 is 11.3 Å². The van der Waals surface area contributed by atoms with Crippen LogP contribution >= 0.6 is 11.6 Å². The molecule has 0 spiro atoms. The number of nitrogens with one attached hydrogen (secondary N) is 1. The fourth-order valence-electron chi connectivity index (χ4n) is 2.30. The van der Waals surface area contributed by atoms with Gasteiger partial charge in [-0.1, -0.05) is 17.7 Å². The van der Waals surface area contributed by atoms with Gasteiger partial charge in [0, 0.05) is 6.42 Å². The summed E-state index contributed by atoms with van der Waals surface area (Å²) in [6.07, 6.45) is -11.4. The number of rotatable bonds is 4. The van der Waals surface area contributed by atoms with Crippen LogP contribution in [-0.4, -0.2) is 15.9 Å². The van der Waals surface area contributed by atoms with E-state index in [2.05, 4.69) is 4.98 Å². The summed E-state index contributed by atoms with van der Waals surface area (Å²) in [6.45, 7) is 0. The molecular formula is C15H10ClF6N3O2. The maximum atomic E-state index is 13.2. The van der Waals surface area contributed by atoms with Gasteiger partial charge in [-0.25, -0.2) is 4.98 Å². The molecule has 5 nitrogen and oxygen atoms in total. The Morgan fingerprint density at radius 1 is 1.15 bits per heavy atom. The molecule has 0 aliphatic carbocycles. The van der Waals surface area contributed by atoms with Crippen molar-refractivity contribution >= 4 is 17.5 Å². The first-order valence-corrected chi connectivity index (χ1v) is 7.50. The minimum Gasteiger partial charge on any atom is -0.369 e. The van der Waals surface area contributed by atoms with Crippen molar-refractivity contribution in [3.05, 3.63) is 61.8 Å². The number of halogens is 7. The Hall–Kier alpha value is -2.56. The van der Waals surface area contributed by atoms with Gasteiger partial charge < -0.3 is 10.7 Å². The fraction of sp³-hybridized carbons (Fsp3) is 0.267. The summed E-state index contributed by atoms with van der Waals surface area (Å²) in [5.41, 5.74) is -0.351. The SMILES string of the molecule is NC(=O)Cc1nc(C(F)(F)F)c(Cc2ccc(Cl)c(C(F)(F)F)c2)c(=O)[nH]1. The Morgan fingerprint density at radius 2 is 1.78 bits per heavy atom.